The van der Waals surface area contributed by atoms with Crippen molar-refractivity contribution in [1.82, 2.24) is 9.80 Å². The van der Waals surface area contributed by atoms with Crippen molar-refractivity contribution in [2.45, 2.75) is 31.9 Å². The molecule has 2 saturated heterocycles. The van der Waals surface area contributed by atoms with Crippen LogP contribution in [-0.4, -0.2) is 61.8 Å². The van der Waals surface area contributed by atoms with E-state index in [0.717, 1.165) is 51.1 Å². The summed E-state index contributed by atoms with van der Waals surface area (Å²) in [7, 11) is 2.17. The Kier molecular flexibility index (Phi) is 5.63. The second kappa shape index (κ2) is 7.91. The number of piperazine rings is 1. The molecule has 0 radical (unpaired) electrons. The normalized spacial score (nSPS) is 23.3. The van der Waals surface area contributed by atoms with Crippen molar-refractivity contribution in [3.63, 3.8) is 0 Å². The van der Waals surface area contributed by atoms with Crippen LogP contribution < -0.4 is 4.90 Å². The van der Waals surface area contributed by atoms with Gasteiger partial charge in [0.2, 0.25) is 0 Å². The van der Waals surface area contributed by atoms with Crippen molar-refractivity contribution in [3.05, 3.63) is 42.5 Å². The number of cyclic esters (lactones) is 1. The van der Waals surface area contributed by atoms with Crippen molar-refractivity contribution in [3.8, 4) is 0 Å². The molecule has 136 valence electrons. The van der Waals surface area contributed by atoms with Gasteiger partial charge in [0.1, 0.15) is 6.10 Å². The molecule has 3 rings (SSSR count). The minimum Gasteiger partial charge on any atom is -0.446 e. The molecule has 0 N–H and O–H groups in total. The van der Waals surface area contributed by atoms with E-state index in [1.165, 1.54) is 5.69 Å². The molecule has 5 nitrogen and oxygen atoms in total. The number of benzene rings is 1. The maximum atomic E-state index is 12.3. The van der Waals surface area contributed by atoms with Crippen LogP contribution in [0, 0.1) is 0 Å². The predicted octanol–water partition coefficient (Wildman–Crippen LogP) is 3.29. The molecule has 1 aromatic carbocycles. The average Bonchev–Trinajstić information content (AvgIpc) is 2.62. The van der Waals surface area contributed by atoms with Gasteiger partial charge in [-0.2, -0.15) is 0 Å². The minimum absolute atomic E-state index is 0.0203. The summed E-state index contributed by atoms with van der Waals surface area (Å²) in [5.74, 6) is 0. The van der Waals surface area contributed by atoms with Crippen LogP contribution in [0.1, 0.15) is 31.4 Å². The number of nitrogens with zero attached hydrogens (tertiary/aromatic N) is 3. The predicted molar refractivity (Wildman–Crippen MR) is 101 cm³/mol. The first kappa shape index (κ1) is 17.8. The Morgan fingerprint density at radius 3 is 2.48 bits per heavy atom. The fraction of sp³-hybridized carbons (Fsp3) is 0.550. The van der Waals surface area contributed by atoms with Gasteiger partial charge in [0.15, 0.2) is 0 Å². The maximum Gasteiger partial charge on any atom is 0.410 e. The number of likely N-dealkylation sites (N-methyl/N-ethyl adjacent to an activating group) is 1. The third kappa shape index (κ3) is 4.15. The summed E-state index contributed by atoms with van der Waals surface area (Å²) < 4.78 is 5.51. The lowest BCUT2D eigenvalue weighted by molar-refractivity contribution is 0.0146. The Bertz CT molecular complexity index is 593. The summed E-state index contributed by atoms with van der Waals surface area (Å²) in [5.41, 5.74) is 2.41. The molecule has 0 aliphatic carbocycles. The topological polar surface area (TPSA) is 36.0 Å². The molecule has 2 atom stereocenters. The van der Waals surface area contributed by atoms with Gasteiger partial charge in [0, 0.05) is 51.3 Å². The molecule has 0 bridgehead atoms. The summed E-state index contributed by atoms with van der Waals surface area (Å²) in [6.07, 6.45) is 3.17. The second-order valence-corrected chi connectivity index (χ2v) is 7.07. The van der Waals surface area contributed by atoms with Crippen LogP contribution in [0.4, 0.5) is 10.5 Å². The van der Waals surface area contributed by atoms with Crippen molar-refractivity contribution in [2.24, 2.45) is 0 Å². The quantitative estimate of drug-likeness (QED) is 0.769. The lowest BCUT2D eigenvalue weighted by atomic mass is 10.0. The third-order valence-corrected chi connectivity index (χ3v) is 5.33. The highest BCUT2D eigenvalue weighted by atomic mass is 16.6. The van der Waals surface area contributed by atoms with Gasteiger partial charge in [-0.3, -0.25) is 0 Å². The van der Waals surface area contributed by atoms with E-state index in [2.05, 4.69) is 54.6 Å². The number of amides is 1. The minimum atomic E-state index is -0.214. The standard InChI is InChI=1S/C20H29N3O2/c1-4-5-19-10-11-23(20(24)25-19)16(2)17-6-8-18(9-7-17)22-14-12-21(3)13-15-22/h4,6-9,16,19H,1,5,10-15H2,2-3H3. The summed E-state index contributed by atoms with van der Waals surface area (Å²) in [6, 6.07) is 8.65. The number of ether oxygens (including phenoxy) is 1. The fourth-order valence-electron chi connectivity index (χ4n) is 3.56. The van der Waals surface area contributed by atoms with Crippen LogP contribution >= 0.6 is 0 Å². The molecule has 2 aliphatic heterocycles. The number of hydrogen-bond donors (Lipinski definition) is 0. The third-order valence-electron chi connectivity index (χ3n) is 5.33. The van der Waals surface area contributed by atoms with E-state index < -0.39 is 0 Å². The zero-order valence-corrected chi connectivity index (χ0v) is 15.4. The Morgan fingerprint density at radius 1 is 1.20 bits per heavy atom. The Balaban J connectivity index is 1.62. The van der Waals surface area contributed by atoms with Gasteiger partial charge >= 0.3 is 6.09 Å². The number of hydrogen-bond acceptors (Lipinski definition) is 4. The first-order chi connectivity index (χ1) is 12.1. The Labute approximate surface area is 150 Å². The van der Waals surface area contributed by atoms with Crippen molar-refractivity contribution >= 4 is 11.8 Å². The summed E-state index contributed by atoms with van der Waals surface area (Å²) in [5, 5.41) is 0. The maximum absolute atomic E-state index is 12.3. The molecule has 2 heterocycles. The number of anilines is 1. The summed E-state index contributed by atoms with van der Waals surface area (Å²) >= 11 is 0. The molecular formula is C20H29N3O2. The van der Waals surface area contributed by atoms with Gasteiger partial charge < -0.3 is 19.4 Å². The molecule has 0 spiro atoms. The van der Waals surface area contributed by atoms with Crippen molar-refractivity contribution in [1.29, 1.82) is 0 Å². The van der Waals surface area contributed by atoms with E-state index in [4.69, 9.17) is 4.74 Å². The number of carbonyl (C=O) groups is 1. The first-order valence-corrected chi connectivity index (χ1v) is 9.20. The van der Waals surface area contributed by atoms with Crippen LogP contribution in [0.25, 0.3) is 0 Å². The first-order valence-electron chi connectivity index (χ1n) is 9.20. The highest BCUT2D eigenvalue weighted by Gasteiger charge is 2.30. The smallest absolute Gasteiger partial charge is 0.410 e. The van der Waals surface area contributed by atoms with Gasteiger partial charge in [0.05, 0.1) is 6.04 Å². The largest absolute Gasteiger partial charge is 0.446 e. The molecular weight excluding hydrogens is 314 g/mol. The molecule has 0 aromatic heterocycles. The van der Waals surface area contributed by atoms with Crippen LogP contribution in [0.5, 0.6) is 0 Å². The zero-order valence-electron chi connectivity index (χ0n) is 15.4. The highest BCUT2D eigenvalue weighted by molar-refractivity contribution is 5.69. The van der Waals surface area contributed by atoms with E-state index in [0.29, 0.717) is 0 Å². The van der Waals surface area contributed by atoms with Gasteiger partial charge in [-0.15, -0.1) is 6.58 Å². The van der Waals surface area contributed by atoms with E-state index >= 15 is 0 Å². The van der Waals surface area contributed by atoms with Crippen molar-refractivity contribution in [2.75, 3.05) is 44.7 Å². The molecule has 2 aliphatic rings. The van der Waals surface area contributed by atoms with Crippen LogP contribution in [0.3, 0.4) is 0 Å². The Morgan fingerprint density at radius 2 is 1.88 bits per heavy atom. The fourth-order valence-corrected chi connectivity index (χ4v) is 3.56. The molecule has 5 heteroatoms. The lowest BCUT2D eigenvalue weighted by Gasteiger charge is -2.36. The van der Waals surface area contributed by atoms with Crippen LogP contribution in [-0.2, 0) is 4.74 Å². The average molecular weight is 343 g/mol. The molecule has 0 saturated carbocycles. The van der Waals surface area contributed by atoms with Crippen molar-refractivity contribution < 1.29 is 9.53 Å². The van der Waals surface area contributed by atoms with Gasteiger partial charge in [0.25, 0.3) is 0 Å². The van der Waals surface area contributed by atoms with E-state index in [9.17, 15) is 4.79 Å². The molecule has 1 aromatic rings. The van der Waals surface area contributed by atoms with Gasteiger partial charge in [-0.1, -0.05) is 18.2 Å². The van der Waals surface area contributed by atoms with Gasteiger partial charge in [-0.25, -0.2) is 4.79 Å². The SMILES string of the molecule is C=CCC1CCN(C(C)c2ccc(N3CCN(C)CC3)cc2)C(=O)O1. The highest BCUT2D eigenvalue weighted by Crippen LogP contribution is 2.28. The zero-order chi connectivity index (χ0) is 17.8. The molecule has 2 unspecified atom stereocenters. The number of carbonyl (C=O) groups excluding carboxylic acids is 1. The molecule has 2 fully saturated rings. The van der Waals surface area contributed by atoms with E-state index in [1.54, 1.807) is 0 Å². The monoisotopic (exact) mass is 343 g/mol. The van der Waals surface area contributed by atoms with Crippen LogP contribution in [0.2, 0.25) is 0 Å². The van der Waals surface area contributed by atoms with E-state index in [-0.39, 0.29) is 18.2 Å². The molecule has 1 amide bonds. The summed E-state index contributed by atoms with van der Waals surface area (Å²) in [6.45, 7) is 10.9. The summed E-state index contributed by atoms with van der Waals surface area (Å²) in [4.78, 5) is 18.9. The Hall–Kier alpha value is -2.01. The van der Waals surface area contributed by atoms with Gasteiger partial charge in [-0.05, 0) is 31.7 Å². The second-order valence-electron chi connectivity index (χ2n) is 7.07. The lowest BCUT2D eigenvalue weighted by Crippen LogP contribution is -2.44. The molecule has 25 heavy (non-hydrogen) atoms. The van der Waals surface area contributed by atoms with E-state index in [1.807, 2.05) is 11.0 Å². The number of rotatable bonds is 5. The van der Waals surface area contributed by atoms with Crippen LogP contribution in [0.15, 0.2) is 36.9 Å².